The Bertz CT molecular complexity index is 2090. The molecule has 1 unspecified atom stereocenters. The van der Waals surface area contributed by atoms with Gasteiger partial charge in [0.25, 0.3) is 0 Å². The second-order valence-corrected chi connectivity index (χ2v) is 17.1. The van der Waals surface area contributed by atoms with Gasteiger partial charge in [-0.25, -0.2) is 9.78 Å². The summed E-state index contributed by atoms with van der Waals surface area (Å²) in [6, 6.07) is 6.98. The van der Waals surface area contributed by atoms with E-state index in [0.29, 0.717) is 78.1 Å². The minimum atomic E-state index is -1.23. The summed E-state index contributed by atoms with van der Waals surface area (Å²) in [6.45, 7) is 10.3. The number of aromatic nitrogens is 3. The molecule has 0 radical (unpaired) electrons. The number of hydrogen-bond acceptors (Lipinski definition) is 18. The molecule has 0 aliphatic carbocycles. The molecule has 1 fully saturated rings. The SMILES string of the molecule is CCCCCNc1nc(N)nc2ccn(Cc3ccc(CN4CCN(C(=O)NCCOCCOCCOCCN5C=C(CNC(=O)C(CC(=O)O)SC[C@H](N)C(=O)O)NN5)CC4)cc3OC)c12. The number of carboxylic acid groups (broad SMARTS) is 2. The van der Waals surface area contributed by atoms with E-state index >= 15 is 0 Å². The van der Waals surface area contributed by atoms with E-state index < -0.39 is 35.6 Å². The van der Waals surface area contributed by atoms with E-state index in [1.54, 1.807) is 18.3 Å². The monoisotopic (exact) mass is 957 g/mol. The molecule has 1 saturated heterocycles. The molecule has 2 aliphatic rings. The fraction of sp³-hybridized carbons (Fsp3) is 0.581. The zero-order chi connectivity index (χ0) is 48.0. The number of piperazine rings is 1. The maximum atomic E-state index is 12.8. The normalized spacial score (nSPS) is 14.9. The molecular weight excluding hydrogens is 891 g/mol. The van der Waals surface area contributed by atoms with Crippen molar-refractivity contribution in [2.24, 2.45) is 5.73 Å². The van der Waals surface area contributed by atoms with Crippen molar-refractivity contribution < 1.29 is 48.3 Å². The lowest BCUT2D eigenvalue weighted by Crippen LogP contribution is -2.51. The lowest BCUT2D eigenvalue weighted by molar-refractivity contribution is -0.138. The van der Waals surface area contributed by atoms with Gasteiger partial charge in [0.2, 0.25) is 11.9 Å². The highest BCUT2D eigenvalue weighted by Crippen LogP contribution is 2.28. The first-order valence-electron chi connectivity index (χ1n) is 22.5. The number of nitrogens with one attached hydrogen (secondary N) is 5. The van der Waals surface area contributed by atoms with Gasteiger partial charge in [-0.3, -0.25) is 24.3 Å². The number of hydrazine groups is 2. The van der Waals surface area contributed by atoms with Gasteiger partial charge < -0.3 is 71.5 Å². The Labute approximate surface area is 394 Å². The first-order valence-corrected chi connectivity index (χ1v) is 23.6. The first kappa shape index (κ1) is 52.3. The molecule has 370 valence electrons. The van der Waals surface area contributed by atoms with Crippen LogP contribution in [-0.2, 0) is 41.7 Å². The number of carbonyl (C=O) groups is 4. The number of hydrogen-bond donors (Lipinski definition) is 9. The Hall–Kier alpha value is -5.63. The maximum absolute atomic E-state index is 12.8. The Morgan fingerprint density at radius 2 is 1.67 bits per heavy atom. The van der Waals surface area contributed by atoms with Crippen molar-refractivity contribution in [1.82, 2.24) is 50.9 Å². The van der Waals surface area contributed by atoms with Crippen LogP contribution in [0, 0.1) is 0 Å². The summed E-state index contributed by atoms with van der Waals surface area (Å²) in [5.41, 5.74) is 21.9. The van der Waals surface area contributed by atoms with Crippen LogP contribution in [0.2, 0.25) is 0 Å². The molecule has 24 heteroatoms. The summed E-state index contributed by atoms with van der Waals surface area (Å²) < 4.78 is 24.8. The van der Waals surface area contributed by atoms with Crippen molar-refractivity contribution in [1.29, 1.82) is 0 Å². The molecule has 1 aromatic carbocycles. The number of carboxylic acids is 2. The average molecular weight is 958 g/mol. The second-order valence-electron chi connectivity index (χ2n) is 15.9. The van der Waals surface area contributed by atoms with Crippen LogP contribution in [0.1, 0.15) is 43.7 Å². The molecule has 4 heterocycles. The number of benzene rings is 1. The van der Waals surface area contributed by atoms with E-state index in [4.69, 9.17) is 40.6 Å². The Morgan fingerprint density at radius 1 is 0.925 bits per heavy atom. The van der Waals surface area contributed by atoms with Gasteiger partial charge in [-0.1, -0.05) is 31.9 Å². The van der Waals surface area contributed by atoms with Crippen LogP contribution >= 0.6 is 11.8 Å². The molecular formula is C43H67N13O10S. The van der Waals surface area contributed by atoms with Crippen LogP contribution in [0.15, 0.2) is 42.4 Å². The van der Waals surface area contributed by atoms with Crippen LogP contribution in [-0.4, -0.2) is 180 Å². The lowest BCUT2D eigenvalue weighted by Gasteiger charge is -2.34. The minimum Gasteiger partial charge on any atom is -0.496 e. The second kappa shape index (κ2) is 27.9. The van der Waals surface area contributed by atoms with Crippen LogP contribution in [0.3, 0.4) is 0 Å². The third-order valence-electron chi connectivity index (χ3n) is 10.8. The van der Waals surface area contributed by atoms with Crippen molar-refractivity contribution in [2.75, 3.05) is 116 Å². The van der Waals surface area contributed by atoms with Gasteiger partial charge >= 0.3 is 18.0 Å². The molecule has 0 saturated carbocycles. The number of rotatable bonds is 31. The van der Waals surface area contributed by atoms with Gasteiger partial charge in [-0.05, 0) is 24.1 Å². The predicted molar refractivity (Wildman–Crippen MR) is 253 cm³/mol. The van der Waals surface area contributed by atoms with E-state index in [9.17, 15) is 19.2 Å². The van der Waals surface area contributed by atoms with Crippen LogP contribution in [0.5, 0.6) is 5.75 Å². The van der Waals surface area contributed by atoms with Crippen molar-refractivity contribution in [3.05, 3.63) is 53.5 Å². The number of anilines is 2. The smallest absolute Gasteiger partial charge is 0.321 e. The summed E-state index contributed by atoms with van der Waals surface area (Å²) >= 11 is 0.889. The molecule has 5 rings (SSSR count). The zero-order valence-electron chi connectivity index (χ0n) is 38.4. The fourth-order valence-electron chi connectivity index (χ4n) is 7.16. The fourth-order valence-corrected chi connectivity index (χ4v) is 8.23. The van der Waals surface area contributed by atoms with Crippen LogP contribution in [0.25, 0.3) is 11.0 Å². The number of carbonyl (C=O) groups excluding carboxylic acids is 2. The van der Waals surface area contributed by atoms with Gasteiger partial charge in [0.1, 0.15) is 17.3 Å². The zero-order valence-corrected chi connectivity index (χ0v) is 39.2. The number of ether oxygens (including phenoxy) is 4. The summed E-state index contributed by atoms with van der Waals surface area (Å²) in [6.07, 6.45) is 6.61. The number of nitrogens with zero attached hydrogens (tertiary/aromatic N) is 6. The predicted octanol–water partition coefficient (Wildman–Crippen LogP) is 0.820. The number of fused-ring (bicyclic) bond motifs is 1. The average Bonchev–Trinajstić information content (AvgIpc) is 3.95. The van der Waals surface area contributed by atoms with E-state index in [-0.39, 0.29) is 24.3 Å². The third-order valence-corrected chi connectivity index (χ3v) is 12.1. The largest absolute Gasteiger partial charge is 0.496 e. The molecule has 11 N–H and O–H groups in total. The van der Waals surface area contributed by atoms with Crippen LogP contribution < -0.4 is 43.1 Å². The molecule has 2 aliphatic heterocycles. The Morgan fingerprint density at radius 3 is 2.39 bits per heavy atom. The third kappa shape index (κ3) is 17.5. The first-order chi connectivity index (χ1) is 32.4. The number of methoxy groups -OCH3 is 1. The highest BCUT2D eigenvalue weighted by atomic mass is 32.2. The summed E-state index contributed by atoms with van der Waals surface area (Å²) in [4.78, 5) is 60.7. The number of thioether (sulfide) groups is 1. The van der Waals surface area contributed by atoms with Crippen molar-refractivity contribution in [2.45, 2.75) is 57.0 Å². The van der Waals surface area contributed by atoms with Gasteiger partial charge in [-0.2, -0.15) is 4.98 Å². The van der Waals surface area contributed by atoms with E-state index in [1.807, 2.05) is 17.2 Å². The molecule has 2 atom stereocenters. The van der Waals surface area contributed by atoms with Gasteiger partial charge in [0.05, 0.1) is 89.3 Å². The van der Waals surface area contributed by atoms with Crippen molar-refractivity contribution >= 4 is 58.4 Å². The number of nitrogens with two attached hydrogens (primary N) is 2. The number of unbranched alkanes of at least 4 members (excludes halogenated alkanes) is 2. The van der Waals surface area contributed by atoms with E-state index in [0.717, 1.165) is 90.9 Å². The quantitative estimate of drug-likeness (QED) is 0.0404. The molecule has 67 heavy (non-hydrogen) atoms. The summed E-state index contributed by atoms with van der Waals surface area (Å²) in [5.74, 6) is -1.25. The molecule has 23 nitrogen and oxygen atoms in total. The highest BCUT2D eigenvalue weighted by molar-refractivity contribution is 8.00. The maximum Gasteiger partial charge on any atom is 0.321 e. The summed E-state index contributed by atoms with van der Waals surface area (Å²) in [5, 5.41) is 27.9. The Kier molecular flexibility index (Phi) is 21.8. The summed E-state index contributed by atoms with van der Waals surface area (Å²) in [7, 11) is 1.69. The minimum absolute atomic E-state index is 0.0991. The number of amides is 3. The highest BCUT2D eigenvalue weighted by Gasteiger charge is 2.26. The topological polar surface area (TPSA) is 298 Å². The standard InChI is InChI=1S/C43H67N13O10S/c1-3-4-5-9-46-39-38-34(49-42(45)50-39)8-11-55(38)27-31-7-6-30(23-35(31)63-2)26-53-12-14-54(15-13-53)43(62)47-10-17-64-19-21-66-22-20-65-18-16-56-28-32(51-52-56)25-48-40(59)36(24-37(57)58)67-29-33(44)41(60)61/h6-8,11,23,28,33,36,51-52H,3-5,9-10,12-22,24-27,29,44H2,1-2H3,(H,47,62)(H,48,59)(H,57,58)(H,60,61)(H3,45,46,49,50)/t33-,36?/m0/s1. The van der Waals surface area contributed by atoms with Crippen molar-refractivity contribution in [3.8, 4) is 5.75 Å². The van der Waals surface area contributed by atoms with Crippen molar-refractivity contribution in [3.63, 3.8) is 0 Å². The molecule has 3 amide bonds. The van der Waals surface area contributed by atoms with Crippen LogP contribution in [0.4, 0.5) is 16.6 Å². The van der Waals surface area contributed by atoms with E-state index in [2.05, 4.69) is 71.5 Å². The lowest BCUT2D eigenvalue weighted by atomic mass is 10.1. The number of aliphatic carboxylic acids is 2. The Balaban J connectivity index is 0.883. The van der Waals surface area contributed by atoms with Gasteiger partial charge in [0, 0.05) is 69.5 Å². The molecule has 2 aromatic heterocycles. The van der Waals surface area contributed by atoms with E-state index in [1.165, 1.54) is 0 Å². The van der Waals surface area contributed by atoms with Gasteiger partial charge in [0.15, 0.2) is 5.82 Å². The number of urea groups is 1. The molecule has 0 spiro atoms. The molecule has 0 bridgehead atoms. The number of nitrogen functional groups attached to an aromatic ring is 1. The molecule has 3 aromatic rings. The van der Waals surface area contributed by atoms with Gasteiger partial charge in [-0.15, -0.1) is 17.3 Å².